The molecule has 102 valence electrons. The molecule has 0 spiro atoms. The third kappa shape index (κ3) is 1.56. The van der Waals surface area contributed by atoms with Crippen molar-refractivity contribution < 1.29 is 9.47 Å². The molecular formula is C15H20N2O2. The van der Waals surface area contributed by atoms with Crippen molar-refractivity contribution >= 4 is 0 Å². The Morgan fingerprint density at radius 3 is 3.42 bits per heavy atom. The van der Waals surface area contributed by atoms with E-state index in [0.29, 0.717) is 12.0 Å². The smallest absolute Gasteiger partial charge is 0.218 e. The Kier molecular flexibility index (Phi) is 2.57. The molecule has 0 N–H and O–H groups in total. The molecule has 4 nitrogen and oxygen atoms in total. The summed E-state index contributed by atoms with van der Waals surface area (Å²) in [5.41, 5.74) is 1.52. The number of hydrogen-bond donors (Lipinski definition) is 0. The molecule has 1 aromatic heterocycles. The summed E-state index contributed by atoms with van der Waals surface area (Å²) in [6, 6.07) is 4.69. The molecule has 3 unspecified atom stereocenters. The number of pyridine rings is 1. The fourth-order valence-electron chi connectivity index (χ4n) is 4.46. The van der Waals surface area contributed by atoms with Crippen LogP contribution in [0, 0.1) is 5.92 Å². The molecule has 2 saturated heterocycles. The first-order valence-electron chi connectivity index (χ1n) is 7.17. The molecule has 1 aromatic rings. The predicted molar refractivity (Wildman–Crippen MR) is 71.1 cm³/mol. The van der Waals surface area contributed by atoms with Crippen molar-refractivity contribution in [2.45, 2.75) is 30.8 Å². The molecule has 0 aromatic carbocycles. The van der Waals surface area contributed by atoms with Crippen molar-refractivity contribution in [1.29, 1.82) is 0 Å². The van der Waals surface area contributed by atoms with E-state index in [1.807, 2.05) is 19.4 Å². The minimum Gasteiger partial charge on any atom is -0.477 e. The van der Waals surface area contributed by atoms with Crippen molar-refractivity contribution in [2.24, 2.45) is 5.92 Å². The minimum atomic E-state index is 0.241. The van der Waals surface area contributed by atoms with Crippen molar-refractivity contribution in [3.05, 3.63) is 23.9 Å². The summed E-state index contributed by atoms with van der Waals surface area (Å²) < 4.78 is 11.4. The van der Waals surface area contributed by atoms with Crippen LogP contribution in [0.1, 0.15) is 30.9 Å². The summed E-state index contributed by atoms with van der Waals surface area (Å²) in [5, 5.41) is 0. The van der Waals surface area contributed by atoms with E-state index < -0.39 is 0 Å². The fraction of sp³-hybridized carbons (Fsp3) is 0.667. The van der Waals surface area contributed by atoms with E-state index in [2.05, 4.69) is 16.0 Å². The summed E-state index contributed by atoms with van der Waals surface area (Å²) in [6.07, 6.45) is 5.55. The second-order valence-corrected chi connectivity index (χ2v) is 6.07. The molecule has 3 atom stereocenters. The number of hydrogen-bond acceptors (Lipinski definition) is 4. The van der Waals surface area contributed by atoms with Gasteiger partial charge in [0.05, 0.1) is 13.2 Å². The Bertz CT molecular complexity index is 493. The van der Waals surface area contributed by atoms with Gasteiger partial charge in [-0.25, -0.2) is 4.98 Å². The monoisotopic (exact) mass is 260 g/mol. The van der Waals surface area contributed by atoms with Gasteiger partial charge in [0, 0.05) is 36.4 Å². The van der Waals surface area contributed by atoms with Gasteiger partial charge in [0.15, 0.2) is 0 Å². The van der Waals surface area contributed by atoms with Crippen molar-refractivity contribution in [3.63, 3.8) is 0 Å². The average molecular weight is 260 g/mol. The molecule has 0 radical (unpaired) electrons. The lowest BCUT2D eigenvalue weighted by atomic mass is 9.87. The maximum atomic E-state index is 5.85. The van der Waals surface area contributed by atoms with E-state index in [1.54, 1.807) is 0 Å². The van der Waals surface area contributed by atoms with Crippen LogP contribution in [0.5, 0.6) is 5.88 Å². The molecule has 2 fully saturated rings. The Morgan fingerprint density at radius 1 is 1.58 bits per heavy atom. The van der Waals surface area contributed by atoms with Gasteiger partial charge in [-0.3, -0.25) is 4.90 Å². The first-order valence-corrected chi connectivity index (χ1v) is 7.17. The predicted octanol–water partition coefficient (Wildman–Crippen LogP) is 2.02. The van der Waals surface area contributed by atoms with Crippen LogP contribution in [-0.4, -0.2) is 42.3 Å². The van der Waals surface area contributed by atoms with E-state index in [4.69, 9.17) is 9.47 Å². The zero-order valence-corrected chi connectivity index (χ0v) is 11.3. The minimum absolute atomic E-state index is 0.241. The highest BCUT2D eigenvalue weighted by molar-refractivity contribution is 5.34. The molecule has 3 aliphatic heterocycles. The van der Waals surface area contributed by atoms with Crippen molar-refractivity contribution in [1.82, 2.24) is 9.88 Å². The zero-order chi connectivity index (χ0) is 12.9. The Labute approximate surface area is 113 Å². The van der Waals surface area contributed by atoms with Gasteiger partial charge in [-0.1, -0.05) is 6.07 Å². The molecule has 0 aliphatic carbocycles. The molecule has 0 amide bonds. The fourth-order valence-corrected chi connectivity index (χ4v) is 4.46. The Morgan fingerprint density at radius 2 is 2.53 bits per heavy atom. The van der Waals surface area contributed by atoms with Crippen LogP contribution < -0.4 is 4.74 Å². The maximum absolute atomic E-state index is 5.85. The lowest BCUT2D eigenvalue weighted by Gasteiger charge is -2.36. The first-order chi connectivity index (χ1) is 9.34. The standard InChI is InChI=1S/C15H20N2O2/c1-18-10-15-5-3-7-17(15)13-11(8-15)9-19-14-12(13)4-2-6-16-14/h2,4,6,11,13H,3,5,7-10H2,1H3. The highest BCUT2D eigenvalue weighted by Crippen LogP contribution is 2.54. The van der Waals surface area contributed by atoms with Crippen LogP contribution in [-0.2, 0) is 4.74 Å². The van der Waals surface area contributed by atoms with E-state index in [0.717, 1.165) is 19.1 Å². The summed E-state index contributed by atoms with van der Waals surface area (Å²) in [5.74, 6) is 1.43. The zero-order valence-electron chi connectivity index (χ0n) is 11.3. The molecule has 0 saturated carbocycles. The number of ether oxygens (including phenoxy) is 2. The van der Waals surface area contributed by atoms with Gasteiger partial charge in [-0.15, -0.1) is 0 Å². The molecule has 4 heteroatoms. The number of rotatable bonds is 2. The summed E-state index contributed by atoms with van der Waals surface area (Å²) in [4.78, 5) is 7.05. The topological polar surface area (TPSA) is 34.6 Å². The average Bonchev–Trinajstić information content (AvgIpc) is 2.94. The molecule has 4 heterocycles. The second-order valence-electron chi connectivity index (χ2n) is 6.07. The van der Waals surface area contributed by atoms with Gasteiger partial charge in [0.25, 0.3) is 0 Å². The summed E-state index contributed by atoms with van der Waals surface area (Å²) >= 11 is 0. The van der Waals surface area contributed by atoms with Gasteiger partial charge in [0.1, 0.15) is 0 Å². The van der Waals surface area contributed by atoms with E-state index in [9.17, 15) is 0 Å². The second kappa shape index (κ2) is 4.18. The molecule has 0 bridgehead atoms. The Balaban J connectivity index is 1.75. The SMILES string of the molecule is COCC12CCCN1C1c3cccnc3OCC1C2. The lowest BCUT2D eigenvalue weighted by molar-refractivity contribution is 0.0467. The Hall–Kier alpha value is -1.13. The normalized spacial score (nSPS) is 36.5. The highest BCUT2D eigenvalue weighted by Gasteiger charge is 2.56. The quantitative estimate of drug-likeness (QED) is 0.815. The van der Waals surface area contributed by atoms with Gasteiger partial charge in [-0.05, 0) is 31.9 Å². The van der Waals surface area contributed by atoms with E-state index in [1.165, 1.54) is 31.4 Å². The van der Waals surface area contributed by atoms with Gasteiger partial charge < -0.3 is 9.47 Å². The maximum Gasteiger partial charge on any atom is 0.218 e. The lowest BCUT2D eigenvalue weighted by Crippen LogP contribution is -2.43. The van der Waals surface area contributed by atoms with Gasteiger partial charge in [-0.2, -0.15) is 0 Å². The van der Waals surface area contributed by atoms with E-state index >= 15 is 0 Å². The number of aromatic nitrogens is 1. The largest absolute Gasteiger partial charge is 0.477 e. The van der Waals surface area contributed by atoms with Gasteiger partial charge in [0.2, 0.25) is 5.88 Å². The van der Waals surface area contributed by atoms with Crippen molar-refractivity contribution in [2.75, 3.05) is 26.9 Å². The van der Waals surface area contributed by atoms with E-state index in [-0.39, 0.29) is 5.54 Å². The molecule has 19 heavy (non-hydrogen) atoms. The highest BCUT2D eigenvalue weighted by atomic mass is 16.5. The van der Waals surface area contributed by atoms with Crippen LogP contribution in [0.3, 0.4) is 0 Å². The van der Waals surface area contributed by atoms with Crippen LogP contribution in [0.4, 0.5) is 0 Å². The number of nitrogens with zero attached hydrogens (tertiary/aromatic N) is 2. The van der Waals surface area contributed by atoms with Crippen LogP contribution >= 0.6 is 0 Å². The summed E-state index contributed by atoms with van der Waals surface area (Å²) in [7, 11) is 1.82. The molecule has 4 rings (SSSR count). The summed E-state index contributed by atoms with van der Waals surface area (Å²) in [6.45, 7) is 2.82. The third-order valence-corrected chi connectivity index (χ3v) is 5.04. The first kappa shape index (κ1) is 11.7. The van der Waals surface area contributed by atoms with Crippen molar-refractivity contribution in [3.8, 4) is 5.88 Å². The number of fused-ring (bicyclic) bond motifs is 5. The molecular weight excluding hydrogens is 240 g/mol. The van der Waals surface area contributed by atoms with Crippen LogP contribution in [0.25, 0.3) is 0 Å². The van der Waals surface area contributed by atoms with Crippen LogP contribution in [0.2, 0.25) is 0 Å². The molecule has 3 aliphatic rings. The van der Waals surface area contributed by atoms with Crippen LogP contribution in [0.15, 0.2) is 18.3 Å². The van der Waals surface area contributed by atoms with Gasteiger partial charge >= 0.3 is 0 Å². The number of methoxy groups -OCH3 is 1. The third-order valence-electron chi connectivity index (χ3n) is 5.04.